The third-order valence-electron chi connectivity index (χ3n) is 5.36. The molecule has 11 heteroatoms. The maximum Gasteiger partial charge on any atom is 0.244 e. The standard InChI is InChI=1S/C24H30Cl3N3O4S/c1-15(2)12-28-24(32)17(4)29(13-19-20(25)7-6-8-21(19)26)23(31)14-30(35(5,33)34)18-10-9-16(3)22(27)11-18/h6-11,15,17H,12-14H2,1-5H3,(H,28,32)/t17-/m0/s1. The molecule has 0 aliphatic rings. The summed E-state index contributed by atoms with van der Waals surface area (Å²) in [6.07, 6.45) is 1.00. The van der Waals surface area contributed by atoms with Gasteiger partial charge in [-0.15, -0.1) is 0 Å². The summed E-state index contributed by atoms with van der Waals surface area (Å²) in [5, 5.41) is 3.84. The molecule has 2 amide bonds. The summed E-state index contributed by atoms with van der Waals surface area (Å²) in [5.41, 5.74) is 1.46. The lowest BCUT2D eigenvalue weighted by atomic mass is 10.1. The molecule has 0 aliphatic carbocycles. The number of carbonyl (C=O) groups is 2. The molecule has 192 valence electrons. The molecule has 7 nitrogen and oxygen atoms in total. The van der Waals surface area contributed by atoms with Crippen LogP contribution in [0.3, 0.4) is 0 Å². The predicted octanol–water partition coefficient (Wildman–Crippen LogP) is 4.91. The normalized spacial score (nSPS) is 12.4. The molecule has 0 fully saturated rings. The van der Waals surface area contributed by atoms with E-state index in [1.165, 1.54) is 11.0 Å². The molecule has 2 rings (SSSR count). The molecule has 0 saturated carbocycles. The number of halogens is 3. The zero-order chi connectivity index (χ0) is 26.5. The van der Waals surface area contributed by atoms with E-state index in [0.717, 1.165) is 16.1 Å². The van der Waals surface area contributed by atoms with E-state index in [9.17, 15) is 18.0 Å². The van der Waals surface area contributed by atoms with Crippen LogP contribution in [0.2, 0.25) is 15.1 Å². The average molecular weight is 563 g/mol. The van der Waals surface area contributed by atoms with Gasteiger partial charge in [-0.3, -0.25) is 13.9 Å². The quantitative estimate of drug-likeness (QED) is 0.446. The summed E-state index contributed by atoms with van der Waals surface area (Å²) in [5.74, 6) is -0.768. The fraction of sp³-hybridized carbons (Fsp3) is 0.417. The van der Waals surface area contributed by atoms with Crippen molar-refractivity contribution in [1.29, 1.82) is 0 Å². The van der Waals surface area contributed by atoms with Gasteiger partial charge in [-0.25, -0.2) is 8.42 Å². The Kier molecular flexibility index (Phi) is 10.3. The minimum atomic E-state index is -3.86. The summed E-state index contributed by atoms with van der Waals surface area (Å²) in [7, 11) is -3.86. The van der Waals surface area contributed by atoms with E-state index in [1.807, 2.05) is 13.8 Å². The van der Waals surface area contributed by atoms with E-state index in [0.29, 0.717) is 27.2 Å². The van der Waals surface area contributed by atoms with Gasteiger partial charge >= 0.3 is 0 Å². The largest absolute Gasteiger partial charge is 0.354 e. The number of amides is 2. The monoisotopic (exact) mass is 561 g/mol. The van der Waals surface area contributed by atoms with E-state index in [-0.39, 0.29) is 24.1 Å². The van der Waals surface area contributed by atoms with Gasteiger partial charge in [0.1, 0.15) is 12.6 Å². The van der Waals surface area contributed by atoms with Gasteiger partial charge in [-0.2, -0.15) is 0 Å². The van der Waals surface area contributed by atoms with E-state index in [1.54, 1.807) is 44.2 Å². The number of hydrogen-bond donors (Lipinski definition) is 1. The fourth-order valence-electron chi connectivity index (χ4n) is 3.24. The SMILES string of the molecule is Cc1ccc(N(CC(=O)N(Cc2c(Cl)cccc2Cl)[C@@H](C)C(=O)NCC(C)C)S(C)(=O)=O)cc1Cl. The van der Waals surface area contributed by atoms with E-state index < -0.39 is 28.5 Å². The van der Waals surface area contributed by atoms with Crippen molar-refractivity contribution in [3.8, 4) is 0 Å². The van der Waals surface area contributed by atoms with E-state index in [2.05, 4.69) is 5.32 Å². The van der Waals surface area contributed by atoms with Crippen LogP contribution in [0.15, 0.2) is 36.4 Å². The number of nitrogens with zero attached hydrogens (tertiary/aromatic N) is 2. The number of rotatable bonds is 10. The Morgan fingerprint density at radius 3 is 2.11 bits per heavy atom. The van der Waals surface area contributed by atoms with Crippen molar-refractivity contribution in [1.82, 2.24) is 10.2 Å². The molecule has 0 saturated heterocycles. The zero-order valence-electron chi connectivity index (χ0n) is 20.3. The van der Waals surface area contributed by atoms with Gasteiger partial charge in [0.15, 0.2) is 0 Å². The van der Waals surface area contributed by atoms with E-state index in [4.69, 9.17) is 34.8 Å². The van der Waals surface area contributed by atoms with Crippen LogP contribution in [-0.2, 0) is 26.2 Å². The highest BCUT2D eigenvalue weighted by Crippen LogP contribution is 2.28. The van der Waals surface area contributed by atoms with Crippen LogP contribution < -0.4 is 9.62 Å². The smallest absolute Gasteiger partial charge is 0.244 e. The predicted molar refractivity (Wildman–Crippen MR) is 143 cm³/mol. The Morgan fingerprint density at radius 1 is 1.00 bits per heavy atom. The minimum Gasteiger partial charge on any atom is -0.354 e. The van der Waals surface area contributed by atoms with Crippen molar-refractivity contribution in [3.05, 3.63) is 62.6 Å². The van der Waals surface area contributed by atoms with Gasteiger partial charge in [0.25, 0.3) is 0 Å². The van der Waals surface area contributed by atoms with Crippen LogP contribution >= 0.6 is 34.8 Å². The highest BCUT2D eigenvalue weighted by atomic mass is 35.5. The molecule has 0 spiro atoms. The number of hydrogen-bond acceptors (Lipinski definition) is 4. The molecule has 0 aliphatic heterocycles. The van der Waals surface area contributed by atoms with Crippen LogP contribution in [0.4, 0.5) is 5.69 Å². The lowest BCUT2D eigenvalue weighted by Crippen LogP contribution is -2.51. The van der Waals surface area contributed by atoms with Gasteiger partial charge in [0.05, 0.1) is 11.9 Å². The van der Waals surface area contributed by atoms with Crippen molar-refractivity contribution < 1.29 is 18.0 Å². The lowest BCUT2D eigenvalue weighted by Gasteiger charge is -2.32. The summed E-state index contributed by atoms with van der Waals surface area (Å²) in [4.78, 5) is 27.7. The first-order valence-electron chi connectivity index (χ1n) is 11.0. The zero-order valence-corrected chi connectivity index (χ0v) is 23.4. The number of carbonyl (C=O) groups excluding carboxylic acids is 2. The van der Waals surface area contributed by atoms with Crippen molar-refractivity contribution in [2.24, 2.45) is 5.92 Å². The van der Waals surface area contributed by atoms with Crippen molar-refractivity contribution in [2.45, 2.75) is 40.3 Å². The summed E-state index contributed by atoms with van der Waals surface area (Å²) in [6, 6.07) is 8.74. The fourth-order valence-corrected chi connectivity index (χ4v) is 4.77. The summed E-state index contributed by atoms with van der Waals surface area (Å²) >= 11 is 18.9. The molecule has 0 radical (unpaired) electrons. The van der Waals surface area contributed by atoms with Gasteiger partial charge < -0.3 is 10.2 Å². The molecule has 0 bridgehead atoms. The Bertz CT molecular complexity index is 1170. The van der Waals surface area contributed by atoms with E-state index >= 15 is 0 Å². The van der Waals surface area contributed by atoms with Crippen LogP contribution in [0, 0.1) is 12.8 Å². The highest BCUT2D eigenvalue weighted by molar-refractivity contribution is 7.92. The van der Waals surface area contributed by atoms with Gasteiger partial charge in [-0.05, 0) is 49.6 Å². The molecule has 2 aromatic rings. The van der Waals surface area contributed by atoms with Crippen LogP contribution in [0.1, 0.15) is 31.9 Å². The number of anilines is 1. The van der Waals surface area contributed by atoms with Gasteiger partial charge in [0.2, 0.25) is 21.8 Å². The molecule has 1 atom stereocenters. The number of sulfonamides is 1. The second-order valence-electron chi connectivity index (χ2n) is 8.74. The maximum absolute atomic E-state index is 13.6. The second-order valence-corrected chi connectivity index (χ2v) is 11.9. The van der Waals surface area contributed by atoms with Gasteiger partial charge in [-0.1, -0.05) is 60.8 Å². The molecule has 35 heavy (non-hydrogen) atoms. The first-order chi connectivity index (χ1) is 16.2. The molecule has 1 N–H and O–H groups in total. The molecule has 0 heterocycles. The maximum atomic E-state index is 13.6. The number of nitrogens with one attached hydrogen (secondary N) is 1. The Morgan fingerprint density at radius 2 is 1.60 bits per heavy atom. The van der Waals surface area contributed by atoms with Crippen LogP contribution in [0.5, 0.6) is 0 Å². The van der Waals surface area contributed by atoms with Crippen LogP contribution in [0.25, 0.3) is 0 Å². The number of benzene rings is 2. The Balaban J connectivity index is 2.45. The first-order valence-corrected chi connectivity index (χ1v) is 13.9. The van der Waals surface area contributed by atoms with Crippen molar-refractivity contribution in [3.63, 3.8) is 0 Å². The third-order valence-corrected chi connectivity index (χ3v) is 7.62. The molecule has 0 aromatic heterocycles. The Hall–Kier alpha value is -2.00. The third kappa shape index (κ3) is 8.00. The first kappa shape index (κ1) is 29.2. The molecular weight excluding hydrogens is 533 g/mol. The number of aryl methyl sites for hydroxylation is 1. The Labute approximate surface area is 222 Å². The highest BCUT2D eigenvalue weighted by Gasteiger charge is 2.31. The summed E-state index contributed by atoms with van der Waals surface area (Å²) < 4.78 is 26.2. The topological polar surface area (TPSA) is 86.8 Å². The van der Waals surface area contributed by atoms with Crippen molar-refractivity contribution >= 4 is 62.3 Å². The molecule has 0 unspecified atom stereocenters. The van der Waals surface area contributed by atoms with Gasteiger partial charge in [0, 0.05) is 33.7 Å². The minimum absolute atomic E-state index is 0.0835. The lowest BCUT2D eigenvalue weighted by molar-refractivity contribution is -0.139. The molecule has 2 aromatic carbocycles. The van der Waals surface area contributed by atoms with Crippen LogP contribution in [-0.4, -0.2) is 50.5 Å². The average Bonchev–Trinajstić information content (AvgIpc) is 2.76. The second kappa shape index (κ2) is 12.3. The summed E-state index contributed by atoms with van der Waals surface area (Å²) in [6.45, 7) is 7.07. The molecular formula is C24H30Cl3N3O4S. The van der Waals surface area contributed by atoms with Crippen molar-refractivity contribution in [2.75, 3.05) is 23.7 Å².